The Balaban J connectivity index is 1.94. The van der Waals surface area contributed by atoms with Crippen LogP contribution < -0.4 is 0 Å². The van der Waals surface area contributed by atoms with Gasteiger partial charge in [0.1, 0.15) is 5.01 Å². The van der Waals surface area contributed by atoms with E-state index in [1.54, 1.807) is 6.20 Å². The van der Waals surface area contributed by atoms with E-state index in [9.17, 15) is 0 Å². The zero-order chi connectivity index (χ0) is 12.4. The predicted molar refractivity (Wildman–Crippen MR) is 70.6 cm³/mol. The number of para-hydroxylation sites is 1. The Morgan fingerprint density at radius 3 is 2.78 bits per heavy atom. The molecule has 0 fully saturated rings. The molecular weight excluding hydrogens is 246 g/mol. The molecule has 90 valence electrons. The van der Waals surface area contributed by atoms with Gasteiger partial charge in [-0.25, -0.2) is 9.67 Å². The van der Waals surface area contributed by atoms with Gasteiger partial charge >= 0.3 is 0 Å². The third-order valence-electron chi connectivity index (χ3n) is 2.59. The second-order valence-electron chi connectivity index (χ2n) is 3.79. The summed E-state index contributed by atoms with van der Waals surface area (Å²) in [5.41, 5.74) is 2.82. The fourth-order valence-corrected chi connectivity index (χ4v) is 2.36. The van der Waals surface area contributed by atoms with Crippen LogP contribution >= 0.6 is 11.3 Å². The van der Waals surface area contributed by atoms with Crippen LogP contribution in [0.25, 0.3) is 16.9 Å². The summed E-state index contributed by atoms with van der Waals surface area (Å²) in [7, 11) is 0. The zero-order valence-electron chi connectivity index (χ0n) is 9.52. The first-order chi connectivity index (χ1) is 8.86. The third-order valence-corrected chi connectivity index (χ3v) is 3.42. The minimum absolute atomic E-state index is 0.0164. The largest absolute Gasteiger partial charge is 0.389 e. The topological polar surface area (TPSA) is 50.9 Å². The molecule has 0 amide bonds. The second kappa shape index (κ2) is 4.72. The summed E-state index contributed by atoms with van der Waals surface area (Å²) in [6.45, 7) is -0.0164. The van der Waals surface area contributed by atoms with Crippen molar-refractivity contribution in [2.24, 2.45) is 0 Å². The molecule has 1 aromatic carbocycles. The molecule has 3 rings (SSSR count). The van der Waals surface area contributed by atoms with Crippen molar-refractivity contribution in [3.8, 4) is 16.9 Å². The van der Waals surface area contributed by atoms with Crippen molar-refractivity contribution in [1.82, 2.24) is 14.8 Å². The maximum absolute atomic E-state index is 9.01. The van der Waals surface area contributed by atoms with Crippen molar-refractivity contribution in [1.29, 1.82) is 0 Å². The highest BCUT2D eigenvalue weighted by Crippen LogP contribution is 2.22. The lowest BCUT2D eigenvalue weighted by Gasteiger charge is -1.98. The van der Waals surface area contributed by atoms with Crippen LogP contribution in [0.5, 0.6) is 0 Å². The van der Waals surface area contributed by atoms with Gasteiger partial charge in [0.2, 0.25) is 0 Å². The molecule has 0 bridgehead atoms. The molecule has 0 saturated carbocycles. The Hall–Kier alpha value is -1.98. The first kappa shape index (κ1) is 11.1. The van der Waals surface area contributed by atoms with Crippen LogP contribution in [0.3, 0.4) is 0 Å². The van der Waals surface area contributed by atoms with Crippen LogP contribution in [-0.4, -0.2) is 19.9 Å². The minimum atomic E-state index is -0.0164. The maximum Gasteiger partial charge on any atom is 0.119 e. The van der Waals surface area contributed by atoms with E-state index < -0.39 is 0 Å². The molecule has 1 N–H and O–H groups in total. The number of aliphatic hydroxyl groups is 1. The van der Waals surface area contributed by atoms with Crippen LogP contribution in [0.1, 0.15) is 5.01 Å². The number of benzene rings is 1. The SMILES string of the molecule is OCc1nc(-c2cnn(-c3ccccc3)c2)cs1. The first-order valence-corrected chi connectivity index (χ1v) is 6.40. The molecule has 0 radical (unpaired) electrons. The quantitative estimate of drug-likeness (QED) is 0.784. The number of thiazole rings is 1. The molecule has 0 spiro atoms. The van der Waals surface area contributed by atoms with Gasteiger partial charge in [-0.15, -0.1) is 11.3 Å². The molecule has 0 aliphatic rings. The summed E-state index contributed by atoms with van der Waals surface area (Å²) < 4.78 is 1.81. The average Bonchev–Trinajstić information content (AvgIpc) is 3.08. The van der Waals surface area contributed by atoms with Crippen molar-refractivity contribution >= 4 is 11.3 Å². The van der Waals surface area contributed by atoms with Gasteiger partial charge in [0.05, 0.1) is 24.2 Å². The Labute approximate surface area is 108 Å². The number of hydrogen-bond donors (Lipinski definition) is 1. The molecule has 0 atom stereocenters. The number of rotatable bonds is 3. The minimum Gasteiger partial charge on any atom is -0.389 e. The van der Waals surface area contributed by atoms with Crippen LogP contribution in [0.15, 0.2) is 48.1 Å². The van der Waals surface area contributed by atoms with Gasteiger partial charge in [-0.1, -0.05) is 18.2 Å². The van der Waals surface area contributed by atoms with E-state index in [0.717, 1.165) is 22.0 Å². The third kappa shape index (κ3) is 2.05. The van der Waals surface area contributed by atoms with Crippen molar-refractivity contribution in [3.05, 3.63) is 53.1 Å². The monoisotopic (exact) mass is 257 g/mol. The van der Waals surface area contributed by atoms with E-state index in [4.69, 9.17) is 5.11 Å². The van der Waals surface area contributed by atoms with E-state index in [2.05, 4.69) is 10.1 Å². The molecule has 0 aliphatic carbocycles. The molecule has 0 unspecified atom stereocenters. The van der Waals surface area contributed by atoms with Crippen molar-refractivity contribution in [2.75, 3.05) is 0 Å². The molecule has 4 nitrogen and oxygen atoms in total. The van der Waals surface area contributed by atoms with Crippen LogP contribution in [-0.2, 0) is 6.61 Å². The molecule has 0 saturated heterocycles. The van der Waals surface area contributed by atoms with Crippen molar-refractivity contribution in [3.63, 3.8) is 0 Å². The fourth-order valence-electron chi connectivity index (χ4n) is 1.69. The molecule has 0 aliphatic heterocycles. The lowest BCUT2D eigenvalue weighted by Crippen LogP contribution is -1.92. The van der Waals surface area contributed by atoms with Gasteiger partial charge in [0.15, 0.2) is 0 Å². The predicted octanol–water partition coefficient (Wildman–Crippen LogP) is 2.49. The highest BCUT2D eigenvalue weighted by atomic mass is 32.1. The molecule has 18 heavy (non-hydrogen) atoms. The second-order valence-corrected chi connectivity index (χ2v) is 4.74. The van der Waals surface area contributed by atoms with Gasteiger partial charge in [0, 0.05) is 17.1 Å². The van der Waals surface area contributed by atoms with Gasteiger partial charge in [0.25, 0.3) is 0 Å². The lowest BCUT2D eigenvalue weighted by molar-refractivity contribution is 0.281. The highest BCUT2D eigenvalue weighted by Gasteiger charge is 2.07. The Bertz CT molecular complexity index is 645. The Morgan fingerprint density at radius 1 is 1.22 bits per heavy atom. The number of aromatic nitrogens is 3. The van der Waals surface area contributed by atoms with Gasteiger partial charge in [-0.2, -0.15) is 5.10 Å². The van der Waals surface area contributed by atoms with Gasteiger partial charge < -0.3 is 5.11 Å². The zero-order valence-corrected chi connectivity index (χ0v) is 10.3. The maximum atomic E-state index is 9.01. The fraction of sp³-hybridized carbons (Fsp3) is 0.0769. The van der Waals surface area contributed by atoms with Crippen LogP contribution in [0.2, 0.25) is 0 Å². The van der Waals surface area contributed by atoms with E-state index in [-0.39, 0.29) is 6.61 Å². The summed E-state index contributed by atoms with van der Waals surface area (Å²) in [4.78, 5) is 4.32. The molecule has 2 heterocycles. The van der Waals surface area contributed by atoms with E-state index in [1.165, 1.54) is 11.3 Å². The summed E-state index contributed by atoms with van der Waals surface area (Å²) in [6.07, 6.45) is 3.72. The first-order valence-electron chi connectivity index (χ1n) is 5.52. The van der Waals surface area contributed by atoms with E-state index >= 15 is 0 Å². The van der Waals surface area contributed by atoms with Gasteiger partial charge in [-0.3, -0.25) is 0 Å². The standard InChI is InChI=1S/C13H11N3OS/c17-8-13-15-12(9-18-13)10-6-14-16(7-10)11-4-2-1-3-5-11/h1-7,9,17H,8H2. The Kier molecular flexibility index (Phi) is 2.92. The van der Waals surface area contributed by atoms with Gasteiger partial charge in [-0.05, 0) is 12.1 Å². The normalized spacial score (nSPS) is 10.7. The number of nitrogens with zero attached hydrogens (tertiary/aromatic N) is 3. The highest BCUT2D eigenvalue weighted by molar-refractivity contribution is 7.09. The summed E-state index contributed by atoms with van der Waals surface area (Å²) >= 11 is 1.45. The molecular formula is C13H11N3OS. The number of aliphatic hydroxyl groups excluding tert-OH is 1. The Morgan fingerprint density at radius 2 is 2.06 bits per heavy atom. The van der Waals surface area contributed by atoms with Crippen LogP contribution in [0.4, 0.5) is 0 Å². The van der Waals surface area contributed by atoms with E-state index in [0.29, 0.717) is 0 Å². The smallest absolute Gasteiger partial charge is 0.119 e. The van der Waals surface area contributed by atoms with E-state index in [1.807, 2.05) is 46.6 Å². The van der Waals surface area contributed by atoms with Crippen molar-refractivity contribution < 1.29 is 5.11 Å². The summed E-state index contributed by atoms with van der Waals surface area (Å²) in [5, 5.41) is 16.0. The molecule has 2 aromatic heterocycles. The van der Waals surface area contributed by atoms with Crippen LogP contribution in [0, 0.1) is 0 Å². The molecule has 3 aromatic rings. The molecule has 5 heteroatoms. The average molecular weight is 257 g/mol. The number of hydrogen-bond acceptors (Lipinski definition) is 4. The summed E-state index contributed by atoms with van der Waals surface area (Å²) in [5.74, 6) is 0. The lowest BCUT2D eigenvalue weighted by atomic mass is 10.3. The van der Waals surface area contributed by atoms with Crippen molar-refractivity contribution in [2.45, 2.75) is 6.61 Å². The summed E-state index contributed by atoms with van der Waals surface area (Å²) in [6, 6.07) is 9.92.